The van der Waals surface area contributed by atoms with E-state index >= 15 is 0 Å². The van der Waals surface area contributed by atoms with Gasteiger partial charge in [-0.05, 0) is 44.0 Å². The normalized spacial score (nSPS) is 14.4. The summed E-state index contributed by atoms with van der Waals surface area (Å²) in [5.41, 5.74) is 0.747. The first-order valence-electron chi connectivity index (χ1n) is 5.02. The molecule has 0 aliphatic carbocycles. The van der Waals surface area contributed by atoms with Crippen LogP contribution in [0.15, 0.2) is 18.2 Å². The SMILES string of the molecule is Cc1cc(OCCC(C)S(=O)O)ccc1O. The zero-order valence-corrected chi connectivity index (χ0v) is 10.2. The third-order valence-corrected chi connectivity index (χ3v) is 3.23. The third-order valence-electron chi connectivity index (χ3n) is 2.31. The standard InChI is InChI=1S/C11H16O4S/c1-8-7-10(3-4-11(8)12)15-6-5-9(2)16(13)14/h3-4,7,9,12H,5-6H2,1-2H3,(H,13,14). The van der Waals surface area contributed by atoms with E-state index < -0.39 is 11.1 Å². The molecule has 16 heavy (non-hydrogen) atoms. The molecule has 0 radical (unpaired) electrons. The Balaban J connectivity index is 2.43. The Morgan fingerprint density at radius 1 is 1.50 bits per heavy atom. The van der Waals surface area contributed by atoms with E-state index in [0.29, 0.717) is 18.8 Å². The number of ether oxygens (including phenoxy) is 1. The number of rotatable bonds is 5. The van der Waals surface area contributed by atoms with E-state index in [9.17, 15) is 9.32 Å². The predicted molar refractivity (Wildman–Crippen MR) is 63.2 cm³/mol. The van der Waals surface area contributed by atoms with Gasteiger partial charge >= 0.3 is 0 Å². The zero-order valence-electron chi connectivity index (χ0n) is 9.34. The summed E-state index contributed by atoms with van der Waals surface area (Å²) in [6.45, 7) is 3.87. The Morgan fingerprint density at radius 3 is 2.75 bits per heavy atom. The van der Waals surface area contributed by atoms with Crippen LogP contribution in [0, 0.1) is 6.92 Å². The van der Waals surface area contributed by atoms with Gasteiger partial charge in [0, 0.05) is 0 Å². The lowest BCUT2D eigenvalue weighted by molar-refractivity contribution is 0.308. The molecule has 0 aliphatic rings. The Hall–Kier alpha value is -1.07. The molecule has 0 amide bonds. The van der Waals surface area contributed by atoms with Crippen LogP contribution in [0.4, 0.5) is 0 Å². The summed E-state index contributed by atoms with van der Waals surface area (Å²) >= 11 is -1.80. The van der Waals surface area contributed by atoms with Gasteiger partial charge in [0.25, 0.3) is 0 Å². The fourth-order valence-corrected chi connectivity index (χ4v) is 1.46. The van der Waals surface area contributed by atoms with Gasteiger partial charge in [-0.1, -0.05) is 0 Å². The van der Waals surface area contributed by atoms with E-state index in [2.05, 4.69) is 0 Å². The van der Waals surface area contributed by atoms with Gasteiger partial charge in [-0.15, -0.1) is 0 Å². The molecule has 2 N–H and O–H groups in total. The zero-order chi connectivity index (χ0) is 12.1. The van der Waals surface area contributed by atoms with Crippen molar-refractivity contribution in [2.75, 3.05) is 6.61 Å². The Morgan fingerprint density at radius 2 is 2.19 bits per heavy atom. The molecule has 0 bridgehead atoms. The molecule has 0 aromatic heterocycles. The molecule has 0 spiro atoms. The van der Waals surface area contributed by atoms with Gasteiger partial charge in [-0.25, -0.2) is 4.21 Å². The Bertz CT molecular complexity index is 378. The van der Waals surface area contributed by atoms with Crippen molar-refractivity contribution in [2.24, 2.45) is 0 Å². The fraction of sp³-hybridized carbons (Fsp3) is 0.455. The Kier molecular flexibility index (Phi) is 4.76. The van der Waals surface area contributed by atoms with Crippen LogP contribution in [0.25, 0.3) is 0 Å². The van der Waals surface area contributed by atoms with Gasteiger partial charge in [-0.3, -0.25) is 0 Å². The van der Waals surface area contributed by atoms with Crippen LogP contribution in [0.3, 0.4) is 0 Å². The summed E-state index contributed by atoms with van der Waals surface area (Å²) in [6, 6.07) is 4.97. The lowest BCUT2D eigenvalue weighted by Gasteiger charge is -2.09. The van der Waals surface area contributed by atoms with Crippen LogP contribution in [-0.4, -0.2) is 25.7 Å². The number of aromatic hydroxyl groups is 1. The molecule has 1 aromatic carbocycles. The third kappa shape index (κ3) is 3.83. The lowest BCUT2D eigenvalue weighted by Crippen LogP contribution is -2.13. The van der Waals surface area contributed by atoms with Crippen LogP contribution in [-0.2, 0) is 11.1 Å². The molecule has 0 saturated heterocycles. The quantitative estimate of drug-likeness (QED) is 0.778. The van der Waals surface area contributed by atoms with Crippen molar-refractivity contribution < 1.29 is 18.6 Å². The van der Waals surface area contributed by atoms with E-state index in [1.165, 1.54) is 0 Å². The van der Waals surface area contributed by atoms with Gasteiger partial charge in [0.2, 0.25) is 0 Å². The number of aryl methyl sites for hydroxylation is 1. The van der Waals surface area contributed by atoms with Crippen molar-refractivity contribution in [3.63, 3.8) is 0 Å². The highest BCUT2D eigenvalue weighted by atomic mass is 32.2. The molecule has 1 aromatic rings. The topological polar surface area (TPSA) is 66.8 Å². The predicted octanol–water partition coefficient (Wildman–Crippen LogP) is 2.08. The second-order valence-corrected chi connectivity index (χ2v) is 5.03. The first-order chi connectivity index (χ1) is 7.50. The van der Waals surface area contributed by atoms with Crippen molar-refractivity contribution in [2.45, 2.75) is 25.5 Å². The summed E-state index contributed by atoms with van der Waals surface area (Å²) in [4.78, 5) is 0. The molecule has 5 heteroatoms. The summed E-state index contributed by atoms with van der Waals surface area (Å²) in [6.07, 6.45) is 0.517. The summed E-state index contributed by atoms with van der Waals surface area (Å²) in [7, 11) is 0. The molecular weight excluding hydrogens is 228 g/mol. The summed E-state index contributed by atoms with van der Waals surface area (Å²) in [5.74, 6) is 0.892. The molecule has 0 fully saturated rings. The van der Waals surface area contributed by atoms with Gasteiger partial charge in [0.15, 0.2) is 11.1 Å². The highest BCUT2D eigenvalue weighted by Crippen LogP contribution is 2.21. The fourth-order valence-electron chi connectivity index (χ4n) is 1.16. The van der Waals surface area contributed by atoms with Crippen LogP contribution in [0.2, 0.25) is 0 Å². The lowest BCUT2D eigenvalue weighted by atomic mass is 10.2. The van der Waals surface area contributed by atoms with Crippen LogP contribution in [0.5, 0.6) is 11.5 Å². The van der Waals surface area contributed by atoms with Crippen molar-refractivity contribution in [3.05, 3.63) is 23.8 Å². The second kappa shape index (κ2) is 5.86. The van der Waals surface area contributed by atoms with Crippen molar-refractivity contribution in [1.29, 1.82) is 0 Å². The maximum atomic E-state index is 10.7. The van der Waals surface area contributed by atoms with Crippen LogP contribution >= 0.6 is 0 Å². The number of hydrogen-bond donors (Lipinski definition) is 2. The number of phenolic OH excluding ortho intramolecular Hbond substituents is 1. The number of hydrogen-bond acceptors (Lipinski definition) is 3. The summed E-state index contributed by atoms with van der Waals surface area (Å²) in [5, 5.41) is 9.01. The molecular formula is C11H16O4S. The Labute approximate surface area is 97.5 Å². The minimum atomic E-state index is -1.80. The first-order valence-corrected chi connectivity index (χ1v) is 6.19. The van der Waals surface area contributed by atoms with Gasteiger partial charge in [0.1, 0.15) is 11.5 Å². The molecule has 4 nitrogen and oxygen atoms in total. The molecule has 2 unspecified atom stereocenters. The van der Waals surface area contributed by atoms with Crippen molar-refractivity contribution >= 4 is 11.1 Å². The first kappa shape index (κ1) is 13.0. The second-order valence-electron chi connectivity index (χ2n) is 3.67. The minimum absolute atomic E-state index is 0.233. The molecule has 2 atom stereocenters. The summed E-state index contributed by atoms with van der Waals surface area (Å²) < 4.78 is 24.9. The molecule has 1 rings (SSSR count). The highest BCUT2D eigenvalue weighted by molar-refractivity contribution is 7.79. The maximum Gasteiger partial charge on any atom is 0.155 e. The average molecular weight is 244 g/mol. The molecule has 90 valence electrons. The highest BCUT2D eigenvalue weighted by Gasteiger charge is 2.08. The maximum absolute atomic E-state index is 10.7. The number of phenols is 1. The average Bonchev–Trinajstić information content (AvgIpc) is 2.23. The monoisotopic (exact) mass is 244 g/mol. The van der Waals surface area contributed by atoms with E-state index in [-0.39, 0.29) is 11.0 Å². The van der Waals surface area contributed by atoms with E-state index in [0.717, 1.165) is 5.56 Å². The van der Waals surface area contributed by atoms with Gasteiger partial charge < -0.3 is 14.4 Å². The van der Waals surface area contributed by atoms with E-state index in [1.54, 1.807) is 32.0 Å². The van der Waals surface area contributed by atoms with E-state index in [1.807, 2.05) is 0 Å². The van der Waals surface area contributed by atoms with Crippen LogP contribution < -0.4 is 4.74 Å². The minimum Gasteiger partial charge on any atom is -0.508 e. The van der Waals surface area contributed by atoms with Crippen LogP contribution in [0.1, 0.15) is 18.9 Å². The molecule has 0 aliphatic heterocycles. The largest absolute Gasteiger partial charge is 0.508 e. The van der Waals surface area contributed by atoms with E-state index in [4.69, 9.17) is 9.29 Å². The van der Waals surface area contributed by atoms with Gasteiger partial charge in [0.05, 0.1) is 11.9 Å². The smallest absolute Gasteiger partial charge is 0.155 e. The molecule has 0 heterocycles. The number of benzene rings is 1. The van der Waals surface area contributed by atoms with Crippen molar-refractivity contribution in [3.8, 4) is 11.5 Å². The molecule has 0 saturated carbocycles. The van der Waals surface area contributed by atoms with Gasteiger partial charge in [-0.2, -0.15) is 0 Å². The van der Waals surface area contributed by atoms with Crippen molar-refractivity contribution in [1.82, 2.24) is 0 Å².